The number of ether oxygens (including phenoxy) is 2. The second-order valence-corrected chi connectivity index (χ2v) is 3.54. The summed E-state index contributed by atoms with van der Waals surface area (Å²) in [6, 6.07) is 0. The zero-order valence-corrected chi connectivity index (χ0v) is 10.9. The van der Waals surface area contributed by atoms with Crippen LogP contribution < -0.4 is 11.1 Å². The number of anilines is 1. The molecule has 0 saturated carbocycles. The smallest absolute Gasteiger partial charge is 0.362 e. The van der Waals surface area contributed by atoms with Crippen molar-refractivity contribution in [1.82, 2.24) is 20.3 Å². The van der Waals surface area contributed by atoms with Gasteiger partial charge in [-0.2, -0.15) is 0 Å². The first-order valence-corrected chi connectivity index (χ1v) is 5.71. The van der Waals surface area contributed by atoms with Crippen molar-refractivity contribution in [1.29, 1.82) is 0 Å². The van der Waals surface area contributed by atoms with Crippen LogP contribution in [0.4, 0.5) is 5.82 Å². The van der Waals surface area contributed by atoms with Crippen LogP contribution in [0.5, 0.6) is 0 Å². The molecule has 0 spiro atoms. The highest BCUT2D eigenvalue weighted by atomic mass is 16.5. The Morgan fingerprint density at radius 3 is 2.84 bits per heavy atom. The minimum atomic E-state index is -0.661. The molecule has 19 heavy (non-hydrogen) atoms. The molecule has 9 heteroatoms. The summed E-state index contributed by atoms with van der Waals surface area (Å²) >= 11 is 0. The SMILES string of the molecule is CCOC(=O)c1nnn(CC(=O)NCCOC)c1N. The number of aromatic nitrogens is 3. The Kier molecular flexibility index (Phi) is 5.73. The summed E-state index contributed by atoms with van der Waals surface area (Å²) in [6.07, 6.45) is 0. The van der Waals surface area contributed by atoms with Crippen molar-refractivity contribution in [3.63, 3.8) is 0 Å². The number of carbonyl (C=O) groups excluding carboxylic acids is 2. The van der Waals surface area contributed by atoms with Gasteiger partial charge in [-0.3, -0.25) is 4.79 Å². The minimum Gasteiger partial charge on any atom is -0.461 e. The van der Waals surface area contributed by atoms with Gasteiger partial charge in [0.1, 0.15) is 6.54 Å². The van der Waals surface area contributed by atoms with E-state index in [4.69, 9.17) is 15.2 Å². The average Bonchev–Trinajstić information content (AvgIpc) is 2.72. The second kappa shape index (κ2) is 7.31. The van der Waals surface area contributed by atoms with Crippen LogP contribution in [0.1, 0.15) is 17.4 Å². The predicted molar refractivity (Wildman–Crippen MR) is 65.3 cm³/mol. The Morgan fingerprint density at radius 2 is 2.21 bits per heavy atom. The van der Waals surface area contributed by atoms with E-state index in [0.29, 0.717) is 13.2 Å². The summed E-state index contributed by atoms with van der Waals surface area (Å²) in [5.41, 5.74) is 5.58. The lowest BCUT2D eigenvalue weighted by Gasteiger charge is -2.05. The number of carbonyl (C=O) groups is 2. The monoisotopic (exact) mass is 271 g/mol. The van der Waals surface area contributed by atoms with Gasteiger partial charge in [0, 0.05) is 13.7 Å². The number of nitrogens with two attached hydrogens (primary N) is 1. The highest BCUT2D eigenvalue weighted by Crippen LogP contribution is 2.08. The maximum absolute atomic E-state index is 11.5. The van der Waals surface area contributed by atoms with Crippen molar-refractivity contribution >= 4 is 17.7 Å². The third-order valence-electron chi connectivity index (χ3n) is 2.16. The Balaban J connectivity index is 2.60. The van der Waals surface area contributed by atoms with Crippen molar-refractivity contribution < 1.29 is 19.1 Å². The van der Waals surface area contributed by atoms with E-state index in [1.807, 2.05) is 0 Å². The number of nitrogens with one attached hydrogen (secondary N) is 1. The minimum absolute atomic E-state index is 0.000316. The molecule has 9 nitrogen and oxygen atoms in total. The van der Waals surface area contributed by atoms with Crippen LogP contribution >= 0.6 is 0 Å². The quantitative estimate of drug-likeness (QED) is 0.472. The Labute approximate surface area is 110 Å². The second-order valence-electron chi connectivity index (χ2n) is 3.54. The van der Waals surface area contributed by atoms with Crippen LogP contribution in [-0.4, -0.2) is 53.7 Å². The molecule has 0 saturated heterocycles. The summed E-state index contributed by atoms with van der Waals surface area (Å²) in [5, 5.41) is 9.83. The molecule has 1 amide bonds. The van der Waals surface area contributed by atoms with Gasteiger partial charge in [0.2, 0.25) is 11.6 Å². The zero-order chi connectivity index (χ0) is 14.3. The summed E-state index contributed by atoms with van der Waals surface area (Å²) in [6.45, 7) is 2.55. The lowest BCUT2D eigenvalue weighted by atomic mass is 10.4. The van der Waals surface area contributed by atoms with Gasteiger partial charge in [0.25, 0.3) is 0 Å². The van der Waals surface area contributed by atoms with Crippen LogP contribution in [-0.2, 0) is 20.8 Å². The molecule has 0 aliphatic heterocycles. The van der Waals surface area contributed by atoms with E-state index in [-0.39, 0.29) is 30.6 Å². The fourth-order valence-electron chi connectivity index (χ4n) is 1.27. The van der Waals surface area contributed by atoms with E-state index in [9.17, 15) is 9.59 Å². The maximum Gasteiger partial charge on any atom is 0.362 e. The number of nitrogens with zero attached hydrogens (tertiary/aromatic N) is 3. The summed E-state index contributed by atoms with van der Waals surface area (Å²) in [4.78, 5) is 23.0. The first-order valence-electron chi connectivity index (χ1n) is 5.71. The Morgan fingerprint density at radius 1 is 1.47 bits per heavy atom. The van der Waals surface area contributed by atoms with E-state index in [1.165, 1.54) is 7.11 Å². The van der Waals surface area contributed by atoms with Crippen LogP contribution in [0.3, 0.4) is 0 Å². The van der Waals surface area contributed by atoms with E-state index >= 15 is 0 Å². The number of hydrogen-bond acceptors (Lipinski definition) is 7. The Hall–Kier alpha value is -2.16. The van der Waals surface area contributed by atoms with E-state index in [2.05, 4.69) is 15.6 Å². The maximum atomic E-state index is 11.5. The number of rotatable bonds is 7. The molecule has 1 aromatic rings. The van der Waals surface area contributed by atoms with Crippen molar-refractivity contribution in [2.45, 2.75) is 13.5 Å². The molecule has 0 unspecified atom stereocenters. The van der Waals surface area contributed by atoms with Gasteiger partial charge in [-0.15, -0.1) is 5.10 Å². The number of nitrogen functional groups attached to an aromatic ring is 1. The number of esters is 1. The largest absolute Gasteiger partial charge is 0.461 e. The van der Waals surface area contributed by atoms with Gasteiger partial charge in [-0.1, -0.05) is 5.21 Å². The predicted octanol–water partition coefficient (Wildman–Crippen LogP) is -1.20. The number of amides is 1. The molecule has 0 aliphatic carbocycles. The van der Waals surface area contributed by atoms with Crippen LogP contribution in [0.25, 0.3) is 0 Å². The molecule has 0 radical (unpaired) electrons. The van der Waals surface area contributed by atoms with Gasteiger partial charge in [-0.05, 0) is 6.92 Å². The fraction of sp³-hybridized carbons (Fsp3) is 0.600. The van der Waals surface area contributed by atoms with Crippen molar-refractivity contribution in [3.8, 4) is 0 Å². The lowest BCUT2D eigenvalue weighted by Crippen LogP contribution is -2.31. The standard InChI is InChI=1S/C10H17N5O4/c1-3-19-10(17)8-9(11)15(14-13-8)6-7(16)12-4-5-18-2/h3-6,11H2,1-2H3,(H,12,16). The topological polar surface area (TPSA) is 121 Å². The lowest BCUT2D eigenvalue weighted by molar-refractivity contribution is -0.122. The van der Waals surface area contributed by atoms with Gasteiger partial charge in [-0.25, -0.2) is 9.48 Å². The van der Waals surface area contributed by atoms with Crippen molar-refractivity contribution in [2.75, 3.05) is 32.6 Å². The normalized spacial score (nSPS) is 10.2. The third kappa shape index (κ3) is 4.21. The van der Waals surface area contributed by atoms with E-state index in [1.54, 1.807) is 6.92 Å². The molecule has 0 aromatic carbocycles. The summed E-state index contributed by atoms with van der Waals surface area (Å²) in [5.74, 6) is -0.963. The number of methoxy groups -OCH3 is 1. The first-order chi connectivity index (χ1) is 9.10. The van der Waals surface area contributed by atoms with Crippen LogP contribution in [0.2, 0.25) is 0 Å². The van der Waals surface area contributed by atoms with Crippen LogP contribution in [0.15, 0.2) is 0 Å². The summed E-state index contributed by atoms with van der Waals surface area (Å²) < 4.78 is 10.7. The molecular formula is C10H17N5O4. The van der Waals surface area contributed by atoms with Crippen LogP contribution in [0, 0.1) is 0 Å². The molecule has 106 valence electrons. The zero-order valence-electron chi connectivity index (χ0n) is 10.9. The summed E-state index contributed by atoms with van der Waals surface area (Å²) in [7, 11) is 1.53. The molecule has 0 bridgehead atoms. The molecule has 1 aromatic heterocycles. The first kappa shape index (κ1) is 14.9. The molecule has 0 atom stereocenters. The molecule has 1 heterocycles. The van der Waals surface area contributed by atoms with E-state index < -0.39 is 5.97 Å². The molecule has 0 aliphatic rings. The van der Waals surface area contributed by atoms with E-state index in [0.717, 1.165) is 4.68 Å². The third-order valence-corrected chi connectivity index (χ3v) is 2.16. The van der Waals surface area contributed by atoms with Gasteiger partial charge < -0.3 is 20.5 Å². The molecule has 0 fully saturated rings. The highest BCUT2D eigenvalue weighted by molar-refractivity contribution is 5.92. The molecular weight excluding hydrogens is 254 g/mol. The van der Waals surface area contributed by atoms with Crippen molar-refractivity contribution in [2.24, 2.45) is 0 Å². The number of hydrogen-bond donors (Lipinski definition) is 2. The van der Waals surface area contributed by atoms with Gasteiger partial charge in [0.15, 0.2) is 5.82 Å². The van der Waals surface area contributed by atoms with Gasteiger partial charge >= 0.3 is 5.97 Å². The van der Waals surface area contributed by atoms with Gasteiger partial charge in [0.05, 0.1) is 13.2 Å². The highest BCUT2D eigenvalue weighted by Gasteiger charge is 2.19. The fourth-order valence-corrected chi connectivity index (χ4v) is 1.27. The average molecular weight is 271 g/mol. The molecule has 3 N–H and O–H groups in total. The van der Waals surface area contributed by atoms with Crippen molar-refractivity contribution in [3.05, 3.63) is 5.69 Å². The molecule has 1 rings (SSSR count). The Bertz CT molecular complexity index is 445.